The summed E-state index contributed by atoms with van der Waals surface area (Å²) in [6.45, 7) is 4.01. The Bertz CT molecular complexity index is 750. The molecule has 2 aliphatic heterocycles. The third kappa shape index (κ3) is 5.34. The van der Waals surface area contributed by atoms with Gasteiger partial charge in [0.2, 0.25) is 10.0 Å². The van der Waals surface area contributed by atoms with Gasteiger partial charge in [-0.3, -0.25) is 9.69 Å². The second-order valence-corrected chi connectivity index (χ2v) is 9.72. The zero-order chi connectivity index (χ0) is 20.1. The Morgan fingerprint density at radius 3 is 2.43 bits per heavy atom. The van der Waals surface area contributed by atoms with Crippen molar-refractivity contribution >= 4 is 15.9 Å². The van der Waals surface area contributed by atoms with Gasteiger partial charge in [0.25, 0.3) is 5.91 Å². The monoisotopic (exact) mass is 412 g/mol. The molecule has 3 rings (SSSR count). The molecule has 0 atom stereocenters. The molecule has 1 aromatic heterocycles. The van der Waals surface area contributed by atoms with Crippen LogP contribution in [0.3, 0.4) is 0 Å². The van der Waals surface area contributed by atoms with Crippen LogP contribution in [0, 0.1) is 0 Å². The van der Waals surface area contributed by atoms with Crippen LogP contribution in [0.2, 0.25) is 0 Å². The molecule has 0 unspecified atom stereocenters. The number of hydrogen-bond donors (Lipinski definition) is 1. The highest BCUT2D eigenvalue weighted by atomic mass is 32.2. The lowest BCUT2D eigenvalue weighted by Gasteiger charge is -2.43. The van der Waals surface area contributed by atoms with Crippen LogP contribution < -0.4 is 5.32 Å². The largest absolute Gasteiger partial charge is 0.381 e. The van der Waals surface area contributed by atoms with Gasteiger partial charge in [0.05, 0.1) is 6.26 Å². The maximum absolute atomic E-state index is 12.4. The summed E-state index contributed by atoms with van der Waals surface area (Å²) in [7, 11) is -1.26. The van der Waals surface area contributed by atoms with E-state index in [2.05, 4.69) is 10.2 Å². The van der Waals surface area contributed by atoms with Gasteiger partial charge in [-0.1, -0.05) is 0 Å². The predicted octanol–water partition coefficient (Wildman–Crippen LogP) is 0.660. The van der Waals surface area contributed by atoms with Crippen LogP contribution in [-0.2, 0) is 21.8 Å². The number of carbonyl (C=O) groups excluding carboxylic acids is 1. The van der Waals surface area contributed by atoms with Crippen LogP contribution in [0.1, 0.15) is 36.2 Å². The average Bonchev–Trinajstić information content (AvgIpc) is 3.11. The number of aryl methyl sites for hydroxylation is 1. The molecule has 0 aromatic carbocycles. The fourth-order valence-corrected chi connectivity index (χ4v) is 5.15. The summed E-state index contributed by atoms with van der Waals surface area (Å²) in [5.41, 5.74) is 0.652. The summed E-state index contributed by atoms with van der Waals surface area (Å²) >= 11 is 0. The first kappa shape index (κ1) is 21.3. The smallest absolute Gasteiger partial charge is 0.267 e. The lowest BCUT2D eigenvalue weighted by molar-refractivity contribution is 0.00746. The Morgan fingerprint density at radius 2 is 1.86 bits per heavy atom. The van der Waals surface area contributed by atoms with Gasteiger partial charge >= 0.3 is 0 Å². The van der Waals surface area contributed by atoms with Crippen molar-refractivity contribution in [1.29, 1.82) is 0 Å². The maximum Gasteiger partial charge on any atom is 0.267 e. The van der Waals surface area contributed by atoms with Crippen molar-refractivity contribution in [3.63, 3.8) is 0 Å². The summed E-state index contributed by atoms with van der Waals surface area (Å²) in [6, 6.07) is 4.44. The molecule has 0 spiro atoms. The van der Waals surface area contributed by atoms with Crippen molar-refractivity contribution in [2.24, 2.45) is 7.05 Å². The van der Waals surface area contributed by atoms with E-state index in [4.69, 9.17) is 4.74 Å². The minimum Gasteiger partial charge on any atom is -0.381 e. The molecule has 3 heterocycles. The van der Waals surface area contributed by atoms with Gasteiger partial charge in [-0.05, 0) is 37.8 Å². The number of aromatic nitrogens is 1. The molecule has 9 heteroatoms. The zero-order valence-electron chi connectivity index (χ0n) is 16.8. The normalized spacial score (nSPS) is 20.5. The molecule has 28 heavy (non-hydrogen) atoms. The molecule has 0 aliphatic carbocycles. The molecule has 2 fully saturated rings. The van der Waals surface area contributed by atoms with Gasteiger partial charge < -0.3 is 14.6 Å². The quantitative estimate of drug-likeness (QED) is 0.711. The molecule has 0 radical (unpaired) electrons. The van der Waals surface area contributed by atoms with Crippen molar-refractivity contribution < 1.29 is 17.9 Å². The summed E-state index contributed by atoms with van der Waals surface area (Å²) < 4.78 is 32.5. The van der Waals surface area contributed by atoms with Gasteiger partial charge in [0, 0.05) is 64.7 Å². The van der Waals surface area contributed by atoms with Gasteiger partial charge in [-0.15, -0.1) is 0 Å². The fraction of sp³-hybridized carbons (Fsp3) is 0.737. The Morgan fingerprint density at radius 1 is 1.21 bits per heavy atom. The highest BCUT2D eigenvalue weighted by molar-refractivity contribution is 7.88. The van der Waals surface area contributed by atoms with Crippen LogP contribution in [0.4, 0.5) is 0 Å². The van der Waals surface area contributed by atoms with Crippen LogP contribution in [0.5, 0.6) is 0 Å². The standard InChI is InChI=1S/C19H32N4O4S/c1-21-10-3-4-18(21)19(24)20-9-13-23(17-7-14-27-15-8-17)16-5-11-22(12-6-16)28(2,25)26/h3-4,10,16-17H,5-9,11-15H2,1-2H3,(H,20,24). The fourth-order valence-electron chi connectivity index (χ4n) is 4.27. The first-order valence-corrected chi connectivity index (χ1v) is 11.9. The summed E-state index contributed by atoms with van der Waals surface area (Å²) in [4.78, 5) is 14.8. The van der Waals surface area contributed by atoms with E-state index < -0.39 is 10.0 Å². The lowest BCUT2D eigenvalue weighted by atomic mass is 9.98. The van der Waals surface area contributed by atoms with E-state index in [1.54, 1.807) is 4.31 Å². The van der Waals surface area contributed by atoms with E-state index >= 15 is 0 Å². The number of sulfonamides is 1. The maximum atomic E-state index is 12.4. The topological polar surface area (TPSA) is 83.9 Å². The first-order valence-electron chi connectivity index (χ1n) is 10.0. The Hall–Kier alpha value is -1.42. The van der Waals surface area contributed by atoms with Gasteiger partial charge in [0.1, 0.15) is 5.69 Å². The second-order valence-electron chi connectivity index (χ2n) is 7.73. The number of hydrogen-bond acceptors (Lipinski definition) is 5. The van der Waals surface area contributed by atoms with E-state index in [0.29, 0.717) is 37.4 Å². The van der Waals surface area contributed by atoms with Crippen molar-refractivity contribution in [1.82, 2.24) is 19.1 Å². The Balaban J connectivity index is 1.58. The van der Waals surface area contributed by atoms with E-state index in [1.807, 2.05) is 29.9 Å². The van der Waals surface area contributed by atoms with Crippen LogP contribution in [0.15, 0.2) is 18.3 Å². The molecule has 1 aromatic rings. The highest BCUT2D eigenvalue weighted by Crippen LogP contribution is 2.24. The second kappa shape index (κ2) is 9.39. The first-order chi connectivity index (χ1) is 13.4. The summed E-state index contributed by atoms with van der Waals surface area (Å²) in [5, 5.41) is 3.03. The van der Waals surface area contributed by atoms with Gasteiger partial charge in [0.15, 0.2) is 0 Å². The summed E-state index contributed by atoms with van der Waals surface area (Å²) in [5.74, 6) is -0.0636. The summed E-state index contributed by atoms with van der Waals surface area (Å²) in [6.07, 6.45) is 6.77. The van der Waals surface area contributed by atoms with Crippen LogP contribution >= 0.6 is 0 Å². The molecule has 2 saturated heterocycles. The lowest BCUT2D eigenvalue weighted by Crippen LogP contribution is -2.53. The number of ether oxygens (including phenoxy) is 1. The van der Waals surface area contributed by atoms with Crippen LogP contribution in [-0.4, -0.2) is 85.8 Å². The average molecular weight is 413 g/mol. The van der Waals surface area contributed by atoms with Gasteiger partial charge in [-0.2, -0.15) is 0 Å². The molecule has 1 N–H and O–H groups in total. The van der Waals surface area contributed by atoms with Crippen molar-refractivity contribution in [2.45, 2.75) is 37.8 Å². The molecule has 8 nitrogen and oxygen atoms in total. The van der Waals surface area contributed by atoms with E-state index in [-0.39, 0.29) is 5.91 Å². The predicted molar refractivity (Wildman–Crippen MR) is 108 cm³/mol. The van der Waals surface area contributed by atoms with Crippen molar-refractivity contribution in [3.05, 3.63) is 24.0 Å². The minimum atomic E-state index is -3.12. The van der Waals surface area contributed by atoms with Crippen molar-refractivity contribution in [3.8, 4) is 0 Å². The zero-order valence-corrected chi connectivity index (χ0v) is 17.7. The number of nitrogens with zero attached hydrogens (tertiary/aromatic N) is 3. The molecule has 158 valence electrons. The number of rotatable bonds is 7. The molecule has 1 amide bonds. The highest BCUT2D eigenvalue weighted by Gasteiger charge is 2.32. The molecular formula is C19H32N4O4S. The molecule has 2 aliphatic rings. The SMILES string of the molecule is Cn1cccc1C(=O)NCCN(C1CCOCC1)C1CCN(S(C)(=O)=O)CC1. The Kier molecular flexibility index (Phi) is 7.14. The van der Waals surface area contributed by atoms with E-state index in [9.17, 15) is 13.2 Å². The van der Waals surface area contributed by atoms with Gasteiger partial charge in [-0.25, -0.2) is 12.7 Å². The van der Waals surface area contributed by atoms with E-state index in [1.165, 1.54) is 6.26 Å². The third-order valence-electron chi connectivity index (χ3n) is 5.85. The number of piperidine rings is 1. The van der Waals surface area contributed by atoms with Crippen LogP contribution in [0.25, 0.3) is 0 Å². The molecule has 0 bridgehead atoms. The minimum absolute atomic E-state index is 0.0636. The molecule has 0 saturated carbocycles. The number of amides is 1. The number of carbonyl (C=O) groups is 1. The third-order valence-corrected chi connectivity index (χ3v) is 7.16. The number of nitrogens with one attached hydrogen (secondary N) is 1. The molecular weight excluding hydrogens is 380 g/mol. The Labute approximate surface area is 167 Å². The van der Waals surface area contributed by atoms with E-state index in [0.717, 1.165) is 45.4 Å². The van der Waals surface area contributed by atoms with Crippen molar-refractivity contribution in [2.75, 3.05) is 45.6 Å².